The molecule has 5 nitrogen and oxygen atoms in total. The first kappa shape index (κ1) is 12.0. The number of hydrogen-bond donors (Lipinski definition) is 0. The summed E-state index contributed by atoms with van der Waals surface area (Å²) in [6.07, 6.45) is 8.53. The van der Waals surface area contributed by atoms with Crippen LogP contribution in [-0.2, 0) is 0 Å². The highest BCUT2D eigenvalue weighted by Crippen LogP contribution is 2.38. The second-order valence-corrected chi connectivity index (χ2v) is 5.77. The number of nitrogens with zero attached hydrogens (tertiary/aromatic N) is 4. The van der Waals surface area contributed by atoms with Crippen molar-refractivity contribution >= 4 is 11.0 Å². The number of ether oxygens (including phenoxy) is 1. The molecule has 0 atom stereocenters. The average Bonchev–Trinajstić information content (AvgIpc) is 3.04. The maximum atomic E-state index is 5.91. The molecule has 2 aliphatic rings. The zero-order valence-electron chi connectivity index (χ0n) is 11.5. The maximum Gasteiger partial charge on any atom is 0.317 e. The Morgan fingerprint density at radius 3 is 2.85 bits per heavy atom. The van der Waals surface area contributed by atoms with Gasteiger partial charge in [0.1, 0.15) is 12.1 Å². The largest absolute Gasteiger partial charge is 0.461 e. The predicted molar refractivity (Wildman–Crippen MR) is 75.6 cm³/mol. The van der Waals surface area contributed by atoms with Gasteiger partial charge in [-0.05, 0) is 50.9 Å². The molecule has 0 radical (unpaired) electrons. The number of fused-ring (bicyclic) bond motifs is 2. The molecule has 2 saturated heterocycles. The molecule has 0 unspecified atom stereocenters. The first-order valence-electron chi connectivity index (χ1n) is 7.31. The molecule has 0 aliphatic carbocycles. The van der Waals surface area contributed by atoms with Gasteiger partial charge in [-0.1, -0.05) is 0 Å². The summed E-state index contributed by atoms with van der Waals surface area (Å²) in [7, 11) is 0. The maximum absolute atomic E-state index is 5.91. The SMILES string of the molecule is c1cnc2cnc(OCC34CCCN3CCC4)nc2c1. The summed E-state index contributed by atoms with van der Waals surface area (Å²) in [6.45, 7) is 3.14. The fourth-order valence-electron chi connectivity index (χ4n) is 3.58. The van der Waals surface area contributed by atoms with Gasteiger partial charge in [0, 0.05) is 6.20 Å². The molecule has 2 aromatic rings. The Labute approximate surface area is 118 Å². The number of aromatic nitrogens is 3. The van der Waals surface area contributed by atoms with Gasteiger partial charge in [-0.3, -0.25) is 9.88 Å². The van der Waals surface area contributed by atoms with Crippen molar-refractivity contribution in [3.05, 3.63) is 24.5 Å². The summed E-state index contributed by atoms with van der Waals surface area (Å²) in [6, 6.07) is 4.29. The molecule has 0 N–H and O–H groups in total. The zero-order chi connectivity index (χ0) is 13.4. The summed E-state index contributed by atoms with van der Waals surface area (Å²) in [5, 5.41) is 0. The molecular weight excluding hydrogens is 252 g/mol. The fraction of sp³-hybridized carbons (Fsp3) is 0.533. The molecule has 4 rings (SSSR count). The van der Waals surface area contributed by atoms with E-state index in [4.69, 9.17) is 4.74 Å². The molecule has 5 heteroatoms. The van der Waals surface area contributed by atoms with Crippen molar-refractivity contribution in [1.29, 1.82) is 0 Å². The quantitative estimate of drug-likeness (QED) is 0.854. The van der Waals surface area contributed by atoms with Crippen LogP contribution in [0.5, 0.6) is 6.01 Å². The van der Waals surface area contributed by atoms with Gasteiger partial charge in [0.25, 0.3) is 0 Å². The van der Waals surface area contributed by atoms with E-state index in [9.17, 15) is 0 Å². The van der Waals surface area contributed by atoms with E-state index in [0.29, 0.717) is 12.6 Å². The van der Waals surface area contributed by atoms with E-state index in [1.165, 1.54) is 38.8 Å². The van der Waals surface area contributed by atoms with Gasteiger partial charge in [-0.25, -0.2) is 4.98 Å². The molecular formula is C15H18N4O. The van der Waals surface area contributed by atoms with Crippen molar-refractivity contribution < 1.29 is 4.74 Å². The molecule has 2 aliphatic heterocycles. The van der Waals surface area contributed by atoms with E-state index in [2.05, 4.69) is 19.9 Å². The van der Waals surface area contributed by atoms with E-state index in [1.807, 2.05) is 12.1 Å². The Bertz CT molecular complexity index is 620. The first-order valence-corrected chi connectivity index (χ1v) is 7.31. The summed E-state index contributed by atoms with van der Waals surface area (Å²) >= 11 is 0. The molecule has 0 saturated carbocycles. The van der Waals surface area contributed by atoms with Gasteiger partial charge >= 0.3 is 6.01 Å². The standard InChI is InChI=1S/C15H18N4O/c1-4-12-13(16-7-1)10-17-14(18-12)20-11-15-5-2-8-19(15)9-3-6-15/h1,4,7,10H,2-3,5-6,8-9,11H2. The van der Waals surface area contributed by atoms with E-state index in [-0.39, 0.29) is 5.54 Å². The van der Waals surface area contributed by atoms with Gasteiger partial charge in [0.05, 0.1) is 17.3 Å². The van der Waals surface area contributed by atoms with Crippen LogP contribution in [0.15, 0.2) is 24.5 Å². The van der Waals surface area contributed by atoms with Gasteiger partial charge in [-0.2, -0.15) is 4.98 Å². The lowest BCUT2D eigenvalue weighted by Crippen LogP contribution is -2.43. The lowest BCUT2D eigenvalue weighted by atomic mass is 9.95. The van der Waals surface area contributed by atoms with E-state index >= 15 is 0 Å². The highest BCUT2D eigenvalue weighted by Gasteiger charge is 2.44. The van der Waals surface area contributed by atoms with Crippen LogP contribution in [0, 0.1) is 0 Å². The molecule has 2 aromatic heterocycles. The van der Waals surface area contributed by atoms with Gasteiger partial charge in [-0.15, -0.1) is 0 Å². The van der Waals surface area contributed by atoms with E-state index < -0.39 is 0 Å². The smallest absolute Gasteiger partial charge is 0.317 e. The number of hydrogen-bond acceptors (Lipinski definition) is 5. The van der Waals surface area contributed by atoms with Crippen LogP contribution < -0.4 is 4.74 Å². The molecule has 20 heavy (non-hydrogen) atoms. The summed E-state index contributed by atoms with van der Waals surface area (Å²) in [4.78, 5) is 15.5. The minimum Gasteiger partial charge on any atom is -0.461 e. The average molecular weight is 270 g/mol. The van der Waals surface area contributed by atoms with Crippen molar-refractivity contribution in [1.82, 2.24) is 19.9 Å². The van der Waals surface area contributed by atoms with Crippen LogP contribution in [0.3, 0.4) is 0 Å². The van der Waals surface area contributed by atoms with E-state index in [0.717, 1.165) is 11.0 Å². The van der Waals surface area contributed by atoms with E-state index in [1.54, 1.807) is 12.4 Å². The molecule has 4 heterocycles. The topological polar surface area (TPSA) is 51.1 Å². The Hall–Kier alpha value is -1.75. The van der Waals surface area contributed by atoms with Gasteiger partial charge in [0.2, 0.25) is 0 Å². The molecule has 2 fully saturated rings. The van der Waals surface area contributed by atoms with Gasteiger partial charge in [0.15, 0.2) is 0 Å². The Kier molecular flexibility index (Phi) is 2.80. The molecule has 0 amide bonds. The molecule has 0 bridgehead atoms. The highest BCUT2D eigenvalue weighted by molar-refractivity contribution is 5.72. The molecule has 0 aromatic carbocycles. The molecule has 104 valence electrons. The van der Waals surface area contributed by atoms with Crippen molar-refractivity contribution in [2.24, 2.45) is 0 Å². The van der Waals surface area contributed by atoms with Crippen LogP contribution in [-0.4, -0.2) is 45.1 Å². The minimum absolute atomic E-state index is 0.243. The summed E-state index contributed by atoms with van der Waals surface area (Å²) < 4.78 is 5.91. The van der Waals surface area contributed by atoms with Crippen LogP contribution in [0.2, 0.25) is 0 Å². The minimum atomic E-state index is 0.243. The third-order valence-electron chi connectivity index (χ3n) is 4.61. The van der Waals surface area contributed by atoms with Crippen molar-refractivity contribution in [3.8, 4) is 6.01 Å². The third-order valence-corrected chi connectivity index (χ3v) is 4.61. The van der Waals surface area contributed by atoms with Crippen LogP contribution in [0.1, 0.15) is 25.7 Å². The lowest BCUT2D eigenvalue weighted by molar-refractivity contribution is 0.108. The number of pyridine rings is 1. The van der Waals surface area contributed by atoms with Crippen molar-refractivity contribution in [3.63, 3.8) is 0 Å². The predicted octanol–water partition coefficient (Wildman–Crippen LogP) is 2.03. The van der Waals surface area contributed by atoms with Crippen molar-refractivity contribution in [2.75, 3.05) is 19.7 Å². The van der Waals surface area contributed by atoms with Gasteiger partial charge < -0.3 is 4.74 Å². The van der Waals surface area contributed by atoms with Crippen LogP contribution in [0.25, 0.3) is 11.0 Å². The Morgan fingerprint density at radius 1 is 1.15 bits per heavy atom. The van der Waals surface area contributed by atoms with Crippen LogP contribution in [0.4, 0.5) is 0 Å². The summed E-state index contributed by atoms with van der Waals surface area (Å²) in [5.41, 5.74) is 1.89. The fourth-order valence-corrected chi connectivity index (χ4v) is 3.58. The normalized spacial score (nSPS) is 21.2. The lowest BCUT2D eigenvalue weighted by Gasteiger charge is -2.31. The third kappa shape index (κ3) is 1.93. The second-order valence-electron chi connectivity index (χ2n) is 5.77. The first-order chi connectivity index (χ1) is 9.86. The monoisotopic (exact) mass is 270 g/mol. The summed E-state index contributed by atoms with van der Waals surface area (Å²) in [5.74, 6) is 0. The zero-order valence-corrected chi connectivity index (χ0v) is 11.5. The second kappa shape index (κ2) is 4.66. The Morgan fingerprint density at radius 2 is 2.00 bits per heavy atom. The number of rotatable bonds is 3. The van der Waals surface area contributed by atoms with Crippen molar-refractivity contribution in [2.45, 2.75) is 31.2 Å². The molecule has 0 spiro atoms. The van der Waals surface area contributed by atoms with Crippen LogP contribution >= 0.6 is 0 Å². The highest BCUT2D eigenvalue weighted by atomic mass is 16.5. The Balaban J connectivity index is 1.53.